The van der Waals surface area contributed by atoms with E-state index in [9.17, 15) is 23.1 Å². The number of nitrogens with two attached hydrogens (primary N) is 1. The highest BCUT2D eigenvalue weighted by Crippen LogP contribution is 2.26. The third kappa shape index (κ3) is 6.87. The molecule has 37 heavy (non-hydrogen) atoms. The molecule has 0 atom stereocenters. The first-order valence-corrected chi connectivity index (χ1v) is 11.5. The molecular formula is C27H26F3N3O4. The average molecular weight is 514 g/mol. The van der Waals surface area contributed by atoms with Gasteiger partial charge in [0, 0.05) is 18.7 Å². The first-order valence-electron chi connectivity index (χ1n) is 11.5. The molecule has 0 unspecified atom stereocenters. The summed E-state index contributed by atoms with van der Waals surface area (Å²) in [4.78, 5) is 25.3. The lowest BCUT2D eigenvalue weighted by Gasteiger charge is -2.11. The number of aromatic nitrogens is 2. The number of hydrogen-bond donors (Lipinski definition) is 3. The summed E-state index contributed by atoms with van der Waals surface area (Å²) in [6.45, 7) is 2.87. The largest absolute Gasteiger partial charge is 0.490 e. The zero-order valence-electron chi connectivity index (χ0n) is 20.0. The van der Waals surface area contributed by atoms with E-state index in [1.165, 1.54) is 0 Å². The molecule has 10 heteroatoms. The van der Waals surface area contributed by atoms with Crippen molar-refractivity contribution in [1.82, 2.24) is 9.55 Å². The van der Waals surface area contributed by atoms with E-state index >= 15 is 0 Å². The Hall–Kier alpha value is -4.34. The van der Waals surface area contributed by atoms with Crippen LogP contribution in [-0.4, -0.2) is 37.9 Å². The lowest BCUT2D eigenvalue weighted by atomic mass is 9.99. The molecule has 7 nitrogen and oxygen atoms in total. The molecule has 0 saturated heterocycles. The maximum absolute atomic E-state index is 11.5. The van der Waals surface area contributed by atoms with Crippen LogP contribution in [0.25, 0.3) is 22.2 Å². The first kappa shape index (κ1) is 27.3. The number of nitrogen functional groups attached to an aromatic ring is 1. The van der Waals surface area contributed by atoms with E-state index in [1.54, 1.807) is 12.1 Å². The number of aliphatic carboxylic acids is 1. The van der Waals surface area contributed by atoms with Gasteiger partial charge in [-0.05, 0) is 47.4 Å². The van der Waals surface area contributed by atoms with E-state index in [4.69, 9.17) is 20.6 Å². The van der Waals surface area contributed by atoms with Crippen molar-refractivity contribution in [2.75, 3.05) is 5.73 Å². The van der Waals surface area contributed by atoms with Crippen molar-refractivity contribution in [2.24, 2.45) is 0 Å². The summed E-state index contributed by atoms with van der Waals surface area (Å²) in [6, 6.07) is 21.0. The monoisotopic (exact) mass is 513 g/mol. The van der Waals surface area contributed by atoms with Gasteiger partial charge in [-0.25, -0.2) is 14.6 Å². The maximum Gasteiger partial charge on any atom is 0.490 e. The number of carboxylic acid groups (broad SMARTS) is 2. The number of hydrogen-bond acceptors (Lipinski definition) is 4. The summed E-state index contributed by atoms with van der Waals surface area (Å²) in [5.74, 6) is -2.61. The second-order valence-corrected chi connectivity index (χ2v) is 8.32. The van der Waals surface area contributed by atoms with Crippen LogP contribution >= 0.6 is 0 Å². The SMILES string of the molecule is CCCCc1nc2ccc(N)cc2n1Cc1ccc(-c2ccccc2C(=O)O)cc1.O=C(O)C(F)(F)F. The highest BCUT2D eigenvalue weighted by molar-refractivity contribution is 5.96. The molecule has 0 spiro atoms. The third-order valence-electron chi connectivity index (χ3n) is 5.61. The lowest BCUT2D eigenvalue weighted by Crippen LogP contribution is -2.21. The molecule has 4 aromatic rings. The molecule has 0 aliphatic carbocycles. The predicted molar refractivity (Wildman–Crippen MR) is 134 cm³/mol. The van der Waals surface area contributed by atoms with Crippen molar-refractivity contribution in [3.05, 3.63) is 83.7 Å². The van der Waals surface area contributed by atoms with Crippen LogP contribution in [0, 0.1) is 0 Å². The number of unbranched alkanes of at least 4 members (excludes halogenated alkanes) is 1. The fourth-order valence-electron chi connectivity index (χ4n) is 3.79. The number of benzene rings is 3. The second kappa shape index (κ2) is 11.6. The quantitative estimate of drug-likeness (QED) is 0.261. The van der Waals surface area contributed by atoms with Gasteiger partial charge in [-0.1, -0.05) is 55.8 Å². The molecule has 4 N–H and O–H groups in total. The van der Waals surface area contributed by atoms with Crippen LogP contribution in [0.15, 0.2) is 66.7 Å². The smallest absolute Gasteiger partial charge is 0.478 e. The minimum atomic E-state index is -5.08. The summed E-state index contributed by atoms with van der Waals surface area (Å²) in [6.07, 6.45) is -1.96. The summed E-state index contributed by atoms with van der Waals surface area (Å²) >= 11 is 0. The zero-order chi connectivity index (χ0) is 27.2. The van der Waals surface area contributed by atoms with E-state index in [1.807, 2.05) is 42.5 Å². The van der Waals surface area contributed by atoms with Gasteiger partial charge < -0.3 is 20.5 Å². The molecular weight excluding hydrogens is 487 g/mol. The van der Waals surface area contributed by atoms with E-state index in [0.29, 0.717) is 12.1 Å². The highest BCUT2D eigenvalue weighted by atomic mass is 19.4. The maximum atomic E-state index is 11.5. The van der Waals surface area contributed by atoms with Crippen molar-refractivity contribution in [1.29, 1.82) is 0 Å². The van der Waals surface area contributed by atoms with Gasteiger partial charge in [0.05, 0.1) is 16.6 Å². The molecule has 1 aromatic heterocycles. The van der Waals surface area contributed by atoms with Crippen LogP contribution in [0.3, 0.4) is 0 Å². The Kier molecular flexibility index (Phi) is 8.54. The number of carboxylic acids is 2. The number of imidazole rings is 1. The molecule has 0 aliphatic heterocycles. The Labute approximate surface area is 211 Å². The molecule has 0 saturated carbocycles. The van der Waals surface area contributed by atoms with Crippen LogP contribution in [0.1, 0.15) is 41.5 Å². The molecule has 0 fully saturated rings. The summed E-state index contributed by atoms with van der Waals surface area (Å²) in [5.41, 5.74) is 11.8. The summed E-state index contributed by atoms with van der Waals surface area (Å²) < 4.78 is 34.0. The van der Waals surface area contributed by atoms with Crippen LogP contribution in [0.2, 0.25) is 0 Å². The summed E-state index contributed by atoms with van der Waals surface area (Å²) in [5, 5.41) is 16.6. The Balaban J connectivity index is 0.000000479. The van der Waals surface area contributed by atoms with Gasteiger partial charge in [-0.15, -0.1) is 0 Å². The molecule has 0 bridgehead atoms. The molecule has 0 aliphatic rings. The van der Waals surface area contributed by atoms with Crippen LogP contribution in [0.4, 0.5) is 18.9 Å². The number of fused-ring (bicyclic) bond motifs is 1. The number of anilines is 1. The Bertz CT molecular complexity index is 1400. The van der Waals surface area contributed by atoms with E-state index < -0.39 is 18.1 Å². The van der Waals surface area contributed by atoms with Gasteiger partial charge >= 0.3 is 18.1 Å². The van der Waals surface area contributed by atoms with Crippen molar-refractivity contribution in [3.63, 3.8) is 0 Å². The number of carbonyl (C=O) groups is 2. The normalized spacial score (nSPS) is 11.1. The van der Waals surface area contributed by atoms with Crippen molar-refractivity contribution >= 4 is 28.7 Å². The number of aryl methyl sites for hydroxylation is 1. The standard InChI is InChI=1S/C25H25N3O2.C2HF3O2/c1-2-3-8-24-27-22-14-13-19(26)15-23(22)28(24)16-17-9-11-18(12-10-17)20-6-4-5-7-21(20)25(29)30;3-2(4,5)1(6)7/h4-7,9-15H,2-3,8,16,26H2,1H3,(H,29,30);(H,6,7). The third-order valence-corrected chi connectivity index (χ3v) is 5.61. The van der Waals surface area contributed by atoms with Gasteiger partial charge in [-0.3, -0.25) is 0 Å². The van der Waals surface area contributed by atoms with Gasteiger partial charge in [0.2, 0.25) is 0 Å². The Morgan fingerprint density at radius 3 is 2.24 bits per heavy atom. The fourth-order valence-corrected chi connectivity index (χ4v) is 3.79. The van der Waals surface area contributed by atoms with Gasteiger partial charge in [-0.2, -0.15) is 13.2 Å². The molecule has 4 rings (SSSR count). The first-order chi connectivity index (χ1) is 17.5. The minimum Gasteiger partial charge on any atom is -0.478 e. The van der Waals surface area contributed by atoms with E-state index in [2.05, 4.69) is 23.6 Å². The molecule has 3 aromatic carbocycles. The number of alkyl halides is 3. The van der Waals surface area contributed by atoms with Gasteiger partial charge in [0.1, 0.15) is 5.82 Å². The highest BCUT2D eigenvalue weighted by Gasteiger charge is 2.38. The minimum absolute atomic E-state index is 0.309. The van der Waals surface area contributed by atoms with Crippen molar-refractivity contribution < 1.29 is 33.0 Å². The molecule has 0 amide bonds. The number of rotatable bonds is 7. The Morgan fingerprint density at radius 2 is 1.65 bits per heavy atom. The van der Waals surface area contributed by atoms with Crippen LogP contribution in [0.5, 0.6) is 0 Å². The topological polar surface area (TPSA) is 118 Å². The molecule has 0 radical (unpaired) electrons. The molecule has 1 heterocycles. The van der Waals surface area contributed by atoms with Crippen LogP contribution < -0.4 is 5.73 Å². The zero-order valence-corrected chi connectivity index (χ0v) is 20.0. The second-order valence-electron chi connectivity index (χ2n) is 8.32. The number of aromatic carboxylic acids is 1. The van der Waals surface area contributed by atoms with Gasteiger partial charge in [0.25, 0.3) is 0 Å². The van der Waals surface area contributed by atoms with Gasteiger partial charge in [0.15, 0.2) is 0 Å². The lowest BCUT2D eigenvalue weighted by molar-refractivity contribution is -0.192. The average Bonchev–Trinajstić information content (AvgIpc) is 3.19. The van der Waals surface area contributed by atoms with Crippen LogP contribution in [-0.2, 0) is 17.8 Å². The van der Waals surface area contributed by atoms with E-state index in [-0.39, 0.29) is 0 Å². The Morgan fingerprint density at radius 1 is 1.00 bits per heavy atom. The predicted octanol–water partition coefficient (Wildman–Crippen LogP) is 6.01. The summed E-state index contributed by atoms with van der Waals surface area (Å²) in [7, 11) is 0. The molecule has 194 valence electrons. The number of nitrogens with zero attached hydrogens (tertiary/aromatic N) is 2. The van der Waals surface area contributed by atoms with Crippen molar-refractivity contribution in [2.45, 2.75) is 38.9 Å². The van der Waals surface area contributed by atoms with E-state index in [0.717, 1.165) is 58.5 Å². The number of halogens is 3. The van der Waals surface area contributed by atoms with Crippen molar-refractivity contribution in [3.8, 4) is 11.1 Å². The fraction of sp³-hybridized carbons (Fsp3) is 0.222.